The van der Waals surface area contributed by atoms with Crippen molar-refractivity contribution in [2.75, 3.05) is 0 Å². The fraction of sp³-hybridized carbons (Fsp3) is 0.259. The second kappa shape index (κ2) is 9.33. The summed E-state index contributed by atoms with van der Waals surface area (Å²) in [6.07, 6.45) is 0.136. The Bertz CT molecular complexity index is 1410. The van der Waals surface area contributed by atoms with Crippen LogP contribution in [0.25, 0.3) is 5.65 Å². The number of halogens is 2. The van der Waals surface area contributed by atoms with Crippen LogP contribution in [0.4, 0.5) is 8.78 Å². The third kappa shape index (κ3) is 4.00. The average molecular weight is 494 g/mol. The molecule has 0 spiro atoms. The van der Waals surface area contributed by atoms with Gasteiger partial charge in [0.1, 0.15) is 30.0 Å². The number of benzene rings is 2. The van der Waals surface area contributed by atoms with Crippen molar-refractivity contribution in [3.63, 3.8) is 0 Å². The van der Waals surface area contributed by atoms with Gasteiger partial charge in [0, 0.05) is 6.20 Å². The van der Waals surface area contributed by atoms with E-state index in [9.17, 15) is 23.8 Å². The number of hydrogen-bond donors (Lipinski definition) is 3. The van der Waals surface area contributed by atoms with Crippen molar-refractivity contribution >= 4 is 11.6 Å². The minimum atomic E-state index is -1.20. The van der Waals surface area contributed by atoms with E-state index in [0.29, 0.717) is 29.7 Å². The first-order valence-electron chi connectivity index (χ1n) is 11.6. The van der Waals surface area contributed by atoms with Crippen molar-refractivity contribution in [1.29, 1.82) is 0 Å². The molecule has 0 bridgehead atoms. The number of aromatic nitrogens is 2. The zero-order valence-electron chi connectivity index (χ0n) is 19.5. The summed E-state index contributed by atoms with van der Waals surface area (Å²) in [6, 6.07) is 15.9. The van der Waals surface area contributed by atoms with E-state index in [2.05, 4.69) is 10.3 Å². The van der Waals surface area contributed by atoms with Gasteiger partial charge < -0.3 is 20.3 Å². The van der Waals surface area contributed by atoms with E-state index in [0.717, 1.165) is 12.1 Å². The van der Waals surface area contributed by atoms with Crippen LogP contribution < -0.4 is 10.1 Å². The number of amides is 1. The molecular weight excluding hydrogens is 468 g/mol. The maximum absolute atomic E-state index is 14.0. The number of ether oxygens (including phenoxy) is 1. The number of aliphatic hydroxyl groups excluding tert-OH is 2. The monoisotopic (exact) mass is 493 g/mol. The molecule has 186 valence electrons. The average Bonchev–Trinajstić information content (AvgIpc) is 3.36. The SMILES string of the molecule is Cc1nc2c(OCc3c(F)cccc3F)cccn2c1C(=O)N[C@]1(c2ccccc2)CC[C@H](O)[C@H]1O. The van der Waals surface area contributed by atoms with Gasteiger partial charge in [-0.1, -0.05) is 36.4 Å². The molecule has 1 aliphatic rings. The van der Waals surface area contributed by atoms with Crippen LogP contribution in [0.1, 0.15) is 40.2 Å². The van der Waals surface area contributed by atoms with Crippen molar-refractivity contribution in [3.8, 4) is 5.75 Å². The smallest absolute Gasteiger partial charge is 0.270 e. The highest BCUT2D eigenvalue weighted by Gasteiger charge is 2.50. The Balaban J connectivity index is 1.48. The van der Waals surface area contributed by atoms with Gasteiger partial charge >= 0.3 is 0 Å². The number of fused-ring (bicyclic) bond motifs is 1. The molecule has 3 atom stereocenters. The zero-order valence-corrected chi connectivity index (χ0v) is 19.5. The van der Waals surface area contributed by atoms with E-state index in [1.165, 1.54) is 10.5 Å². The number of imidazole rings is 1. The largest absolute Gasteiger partial charge is 0.485 e. The van der Waals surface area contributed by atoms with Crippen molar-refractivity contribution in [3.05, 3.63) is 101 Å². The van der Waals surface area contributed by atoms with Crippen LogP contribution in [0.3, 0.4) is 0 Å². The Kier molecular flexibility index (Phi) is 6.19. The number of hydrogen-bond acceptors (Lipinski definition) is 5. The molecule has 1 amide bonds. The lowest BCUT2D eigenvalue weighted by atomic mass is 9.85. The van der Waals surface area contributed by atoms with Crippen LogP contribution in [-0.2, 0) is 12.1 Å². The highest BCUT2D eigenvalue weighted by molar-refractivity contribution is 5.95. The second-order valence-corrected chi connectivity index (χ2v) is 8.94. The summed E-state index contributed by atoms with van der Waals surface area (Å²) in [7, 11) is 0. The molecule has 2 aromatic heterocycles. The van der Waals surface area contributed by atoms with E-state index in [4.69, 9.17) is 4.74 Å². The van der Waals surface area contributed by atoms with Gasteiger partial charge in [0.05, 0.1) is 22.9 Å². The molecule has 7 nitrogen and oxygen atoms in total. The number of carbonyl (C=O) groups is 1. The van der Waals surface area contributed by atoms with E-state index in [1.807, 2.05) is 18.2 Å². The Morgan fingerprint density at radius 2 is 1.83 bits per heavy atom. The minimum Gasteiger partial charge on any atom is -0.485 e. The van der Waals surface area contributed by atoms with Gasteiger partial charge in [-0.05, 0) is 49.6 Å². The number of aliphatic hydroxyl groups is 2. The summed E-state index contributed by atoms with van der Waals surface area (Å²) in [6.45, 7) is 1.31. The lowest BCUT2D eigenvalue weighted by Crippen LogP contribution is -2.53. The number of aryl methyl sites for hydroxylation is 1. The lowest BCUT2D eigenvalue weighted by molar-refractivity contribution is -0.00170. The molecule has 4 aromatic rings. The summed E-state index contributed by atoms with van der Waals surface area (Å²) in [5.74, 6) is -1.68. The molecule has 1 saturated carbocycles. The van der Waals surface area contributed by atoms with E-state index in [1.54, 1.807) is 37.4 Å². The molecule has 36 heavy (non-hydrogen) atoms. The number of pyridine rings is 1. The van der Waals surface area contributed by atoms with Crippen molar-refractivity contribution < 1.29 is 28.5 Å². The molecule has 9 heteroatoms. The van der Waals surface area contributed by atoms with Crippen molar-refractivity contribution in [2.24, 2.45) is 0 Å². The summed E-state index contributed by atoms with van der Waals surface area (Å²) in [5.41, 5.74) is 0.222. The minimum absolute atomic E-state index is 0.209. The predicted octanol–water partition coefficient (Wildman–Crippen LogP) is 3.64. The number of nitrogens with one attached hydrogen (secondary N) is 1. The van der Waals surface area contributed by atoms with Crippen LogP contribution in [-0.4, -0.2) is 37.7 Å². The van der Waals surface area contributed by atoms with Gasteiger partial charge in [-0.2, -0.15) is 0 Å². The molecule has 2 aromatic carbocycles. The summed E-state index contributed by atoms with van der Waals surface area (Å²) in [5, 5.41) is 24.2. The Hall–Kier alpha value is -3.82. The van der Waals surface area contributed by atoms with Gasteiger partial charge in [-0.15, -0.1) is 0 Å². The molecule has 0 radical (unpaired) electrons. The van der Waals surface area contributed by atoms with Gasteiger partial charge in [-0.3, -0.25) is 9.20 Å². The summed E-state index contributed by atoms with van der Waals surface area (Å²) in [4.78, 5) is 18.1. The lowest BCUT2D eigenvalue weighted by Gasteiger charge is -2.35. The van der Waals surface area contributed by atoms with Crippen LogP contribution in [0, 0.1) is 18.6 Å². The van der Waals surface area contributed by atoms with E-state index < -0.39 is 35.3 Å². The zero-order chi connectivity index (χ0) is 25.4. The molecule has 5 rings (SSSR count). The first-order chi connectivity index (χ1) is 17.3. The van der Waals surface area contributed by atoms with Crippen molar-refractivity contribution in [1.82, 2.24) is 14.7 Å². The number of rotatable bonds is 6. The van der Waals surface area contributed by atoms with E-state index in [-0.39, 0.29) is 23.6 Å². The van der Waals surface area contributed by atoms with Gasteiger partial charge in [0.25, 0.3) is 5.91 Å². The quantitative estimate of drug-likeness (QED) is 0.381. The fourth-order valence-corrected chi connectivity index (χ4v) is 4.89. The number of carbonyl (C=O) groups excluding carboxylic acids is 1. The maximum Gasteiger partial charge on any atom is 0.270 e. The third-order valence-electron chi connectivity index (χ3n) is 6.77. The second-order valence-electron chi connectivity index (χ2n) is 8.94. The molecule has 2 heterocycles. The van der Waals surface area contributed by atoms with Crippen LogP contribution in [0.15, 0.2) is 66.9 Å². The van der Waals surface area contributed by atoms with Crippen LogP contribution in [0.2, 0.25) is 0 Å². The van der Waals surface area contributed by atoms with Crippen LogP contribution in [0.5, 0.6) is 5.75 Å². The Labute approximate surface area is 206 Å². The Morgan fingerprint density at radius 1 is 1.11 bits per heavy atom. The molecule has 0 unspecified atom stereocenters. The molecule has 1 fully saturated rings. The van der Waals surface area contributed by atoms with E-state index >= 15 is 0 Å². The van der Waals surface area contributed by atoms with Gasteiger partial charge in [0.15, 0.2) is 11.4 Å². The molecule has 1 aliphatic carbocycles. The normalized spacial score (nSPS) is 21.6. The summed E-state index contributed by atoms with van der Waals surface area (Å²) < 4.78 is 35.3. The van der Waals surface area contributed by atoms with Gasteiger partial charge in [-0.25, -0.2) is 13.8 Å². The molecule has 0 saturated heterocycles. The fourth-order valence-electron chi connectivity index (χ4n) is 4.89. The third-order valence-corrected chi connectivity index (χ3v) is 6.77. The highest BCUT2D eigenvalue weighted by atomic mass is 19.1. The molecular formula is C27H25F2N3O4. The number of nitrogens with zero attached hydrogens (tertiary/aromatic N) is 2. The Morgan fingerprint density at radius 3 is 2.50 bits per heavy atom. The maximum atomic E-state index is 14.0. The summed E-state index contributed by atoms with van der Waals surface area (Å²) >= 11 is 0. The predicted molar refractivity (Wildman–Crippen MR) is 127 cm³/mol. The molecule has 0 aliphatic heterocycles. The first-order valence-corrected chi connectivity index (χ1v) is 11.6. The molecule has 3 N–H and O–H groups in total. The highest BCUT2D eigenvalue weighted by Crippen LogP contribution is 2.39. The first kappa shape index (κ1) is 23.9. The standard InChI is InChI=1S/C27H25F2N3O4/c1-16-23(26(35)31-27(13-12-21(33)24(27)34)17-7-3-2-4-8-17)32-14-6-11-22(25(32)30-16)36-15-18-19(28)9-5-10-20(18)29/h2-11,14,21,24,33-34H,12-13,15H2,1H3,(H,31,35)/t21-,24+,27-/m0/s1. The van der Waals surface area contributed by atoms with Crippen LogP contribution >= 0.6 is 0 Å². The van der Waals surface area contributed by atoms with Crippen molar-refractivity contribution in [2.45, 2.75) is 44.1 Å². The topological polar surface area (TPSA) is 96.1 Å². The van der Waals surface area contributed by atoms with Gasteiger partial charge in [0.2, 0.25) is 0 Å².